The van der Waals surface area contributed by atoms with Crippen LogP contribution < -0.4 is 5.32 Å². The minimum Gasteiger partial charge on any atom is -0.452 e. The van der Waals surface area contributed by atoms with Gasteiger partial charge in [-0.25, -0.2) is 0 Å². The van der Waals surface area contributed by atoms with Gasteiger partial charge in [0.1, 0.15) is 5.76 Å². The molecule has 0 radical (unpaired) electrons. The zero-order valence-electron chi connectivity index (χ0n) is 7.96. The van der Waals surface area contributed by atoms with Gasteiger partial charge in [-0.2, -0.15) is 0 Å². The lowest BCUT2D eigenvalue weighted by Gasteiger charge is -2.11. The van der Waals surface area contributed by atoms with Crippen LogP contribution in [0.1, 0.15) is 17.4 Å². The van der Waals surface area contributed by atoms with Crippen molar-refractivity contribution in [3.63, 3.8) is 0 Å². The number of hydrogen-bond donors (Lipinski definition) is 1. The molecular weight excluding hydrogens is 342 g/mol. The molecule has 1 N–H and O–H groups in total. The fraction of sp³-hybridized carbons (Fsp3) is 0.200. The first-order chi connectivity index (χ1) is 7.20. The molecule has 0 bridgehead atoms. The van der Waals surface area contributed by atoms with Crippen LogP contribution in [0.25, 0.3) is 0 Å². The Morgan fingerprint density at radius 2 is 2.20 bits per heavy atom. The van der Waals surface area contributed by atoms with Crippen molar-refractivity contribution in [1.82, 2.24) is 5.32 Å². The lowest BCUT2D eigenvalue weighted by Crippen LogP contribution is -2.16. The molecule has 2 heterocycles. The Balaban J connectivity index is 2.32. The van der Waals surface area contributed by atoms with Crippen molar-refractivity contribution in [2.24, 2.45) is 0 Å². The standard InChI is InChI=1S/C10H9Br2NOS/c1-13-10(6-4-9(12)15-5-6)7-2-3-8(11)14-7/h2-5,10,13H,1H3. The molecule has 0 saturated heterocycles. The first-order valence-corrected chi connectivity index (χ1v) is 6.83. The number of nitrogens with one attached hydrogen (secondary N) is 1. The van der Waals surface area contributed by atoms with Crippen LogP contribution in [0.5, 0.6) is 0 Å². The maximum atomic E-state index is 5.54. The Morgan fingerprint density at radius 1 is 1.40 bits per heavy atom. The normalized spacial score (nSPS) is 13.0. The third-order valence-electron chi connectivity index (χ3n) is 2.09. The number of thiophene rings is 1. The van der Waals surface area contributed by atoms with Crippen molar-refractivity contribution in [2.75, 3.05) is 7.05 Å². The summed E-state index contributed by atoms with van der Waals surface area (Å²) in [6.45, 7) is 0. The molecule has 0 spiro atoms. The molecule has 0 amide bonds. The molecule has 2 rings (SSSR count). The minimum absolute atomic E-state index is 0.110. The fourth-order valence-electron chi connectivity index (χ4n) is 1.43. The topological polar surface area (TPSA) is 25.2 Å². The second-order valence-corrected chi connectivity index (χ2v) is 6.12. The average Bonchev–Trinajstić information content (AvgIpc) is 2.78. The molecule has 5 heteroatoms. The van der Waals surface area contributed by atoms with Gasteiger partial charge in [-0.05, 0) is 68.1 Å². The summed E-state index contributed by atoms with van der Waals surface area (Å²) in [6.07, 6.45) is 0. The van der Waals surface area contributed by atoms with Crippen LogP contribution in [-0.4, -0.2) is 7.05 Å². The highest BCUT2D eigenvalue weighted by Gasteiger charge is 2.16. The van der Waals surface area contributed by atoms with Crippen molar-refractivity contribution < 1.29 is 4.42 Å². The van der Waals surface area contributed by atoms with Gasteiger partial charge in [-0.3, -0.25) is 0 Å². The molecule has 0 aliphatic heterocycles. The number of hydrogen-bond acceptors (Lipinski definition) is 3. The van der Waals surface area contributed by atoms with E-state index >= 15 is 0 Å². The molecule has 1 atom stereocenters. The molecule has 0 fully saturated rings. The molecule has 0 aliphatic carbocycles. The van der Waals surface area contributed by atoms with Gasteiger partial charge in [0.15, 0.2) is 4.67 Å². The van der Waals surface area contributed by atoms with Crippen molar-refractivity contribution in [2.45, 2.75) is 6.04 Å². The Kier molecular flexibility index (Phi) is 3.66. The van der Waals surface area contributed by atoms with E-state index in [1.165, 1.54) is 5.56 Å². The van der Waals surface area contributed by atoms with Crippen molar-refractivity contribution in [1.29, 1.82) is 0 Å². The molecule has 1 unspecified atom stereocenters. The predicted octanol–water partition coefficient (Wildman–Crippen LogP) is 4.17. The van der Waals surface area contributed by atoms with E-state index in [-0.39, 0.29) is 6.04 Å². The van der Waals surface area contributed by atoms with E-state index < -0.39 is 0 Å². The molecule has 2 aromatic heterocycles. The van der Waals surface area contributed by atoms with Crippen LogP contribution in [-0.2, 0) is 0 Å². The van der Waals surface area contributed by atoms with Crippen LogP contribution in [0.15, 0.2) is 36.5 Å². The third kappa shape index (κ3) is 2.53. The summed E-state index contributed by atoms with van der Waals surface area (Å²) in [5, 5.41) is 5.35. The zero-order valence-corrected chi connectivity index (χ0v) is 11.9. The summed E-state index contributed by atoms with van der Waals surface area (Å²) in [6, 6.07) is 6.08. The molecule has 2 nitrogen and oxygen atoms in total. The summed E-state index contributed by atoms with van der Waals surface area (Å²) >= 11 is 8.44. The van der Waals surface area contributed by atoms with E-state index in [0.717, 1.165) is 14.2 Å². The smallest absolute Gasteiger partial charge is 0.169 e. The van der Waals surface area contributed by atoms with E-state index in [0.29, 0.717) is 0 Å². The SMILES string of the molecule is CNC(c1csc(Br)c1)c1ccc(Br)o1. The summed E-state index contributed by atoms with van der Waals surface area (Å²) in [7, 11) is 1.92. The Labute approximate surface area is 109 Å². The quantitative estimate of drug-likeness (QED) is 0.898. The van der Waals surface area contributed by atoms with Crippen molar-refractivity contribution >= 4 is 43.2 Å². The van der Waals surface area contributed by atoms with Crippen LogP contribution >= 0.6 is 43.2 Å². The number of furan rings is 1. The summed E-state index contributed by atoms with van der Waals surface area (Å²) in [5.74, 6) is 0.912. The van der Waals surface area contributed by atoms with E-state index in [1.807, 2.05) is 19.2 Å². The van der Waals surface area contributed by atoms with E-state index in [4.69, 9.17) is 4.42 Å². The highest BCUT2D eigenvalue weighted by Crippen LogP contribution is 2.30. The first-order valence-electron chi connectivity index (χ1n) is 4.37. The Morgan fingerprint density at radius 3 is 2.67 bits per heavy atom. The molecule has 0 aromatic carbocycles. The fourth-order valence-corrected chi connectivity index (χ4v) is 2.95. The molecular formula is C10H9Br2NOS. The molecule has 80 valence electrons. The maximum absolute atomic E-state index is 5.54. The van der Waals surface area contributed by atoms with Gasteiger partial charge in [0, 0.05) is 0 Å². The first kappa shape index (κ1) is 11.4. The summed E-state index contributed by atoms with van der Waals surface area (Å²) in [5.41, 5.74) is 1.20. The second kappa shape index (κ2) is 4.82. The van der Waals surface area contributed by atoms with Gasteiger partial charge in [-0.15, -0.1) is 11.3 Å². The van der Waals surface area contributed by atoms with Gasteiger partial charge in [0.05, 0.1) is 9.83 Å². The van der Waals surface area contributed by atoms with Gasteiger partial charge < -0.3 is 9.73 Å². The van der Waals surface area contributed by atoms with E-state index in [9.17, 15) is 0 Å². The highest BCUT2D eigenvalue weighted by atomic mass is 79.9. The van der Waals surface area contributed by atoms with Gasteiger partial charge in [0.25, 0.3) is 0 Å². The monoisotopic (exact) mass is 349 g/mol. The van der Waals surface area contributed by atoms with Crippen LogP contribution in [0.3, 0.4) is 0 Å². The Hall–Kier alpha value is -0.100. The van der Waals surface area contributed by atoms with Crippen molar-refractivity contribution in [3.05, 3.63) is 43.4 Å². The maximum Gasteiger partial charge on any atom is 0.169 e. The predicted molar refractivity (Wildman–Crippen MR) is 69.3 cm³/mol. The highest BCUT2D eigenvalue weighted by molar-refractivity contribution is 9.11. The van der Waals surface area contributed by atoms with Crippen molar-refractivity contribution in [3.8, 4) is 0 Å². The Bertz CT molecular complexity index is 411. The van der Waals surface area contributed by atoms with Crippen LogP contribution in [0.4, 0.5) is 0 Å². The lowest BCUT2D eigenvalue weighted by molar-refractivity contribution is 0.447. The van der Waals surface area contributed by atoms with Gasteiger partial charge in [0.2, 0.25) is 0 Å². The molecule has 0 saturated carbocycles. The largest absolute Gasteiger partial charge is 0.452 e. The minimum atomic E-state index is 0.110. The molecule has 0 aliphatic rings. The second-order valence-electron chi connectivity index (χ2n) is 3.05. The molecule has 2 aromatic rings. The average molecular weight is 351 g/mol. The molecule has 15 heavy (non-hydrogen) atoms. The van der Waals surface area contributed by atoms with Gasteiger partial charge >= 0.3 is 0 Å². The van der Waals surface area contributed by atoms with E-state index in [2.05, 4.69) is 48.6 Å². The van der Waals surface area contributed by atoms with Crippen LogP contribution in [0, 0.1) is 0 Å². The van der Waals surface area contributed by atoms with E-state index in [1.54, 1.807) is 11.3 Å². The van der Waals surface area contributed by atoms with Gasteiger partial charge in [-0.1, -0.05) is 0 Å². The number of halogens is 2. The number of rotatable bonds is 3. The lowest BCUT2D eigenvalue weighted by atomic mass is 10.1. The summed E-state index contributed by atoms with van der Waals surface area (Å²) in [4.78, 5) is 0. The summed E-state index contributed by atoms with van der Waals surface area (Å²) < 4.78 is 7.43. The van der Waals surface area contributed by atoms with Crippen LogP contribution in [0.2, 0.25) is 0 Å². The zero-order chi connectivity index (χ0) is 10.8. The third-order valence-corrected chi connectivity index (χ3v) is 4.04.